The van der Waals surface area contributed by atoms with Gasteiger partial charge in [-0.05, 0) is 31.0 Å². The van der Waals surface area contributed by atoms with Gasteiger partial charge in [0.05, 0.1) is 10.6 Å². The third-order valence-corrected chi connectivity index (χ3v) is 4.21. The second-order valence-corrected chi connectivity index (χ2v) is 5.51. The van der Waals surface area contributed by atoms with E-state index in [2.05, 4.69) is 28.2 Å². The first-order chi connectivity index (χ1) is 7.95. The van der Waals surface area contributed by atoms with Gasteiger partial charge in [0, 0.05) is 16.4 Å². The molecule has 0 spiro atoms. The van der Waals surface area contributed by atoms with Crippen molar-refractivity contribution in [2.45, 2.75) is 19.9 Å². The summed E-state index contributed by atoms with van der Waals surface area (Å²) in [6, 6.07) is 4.92. The van der Waals surface area contributed by atoms with Gasteiger partial charge in [-0.25, -0.2) is 0 Å². The second-order valence-electron chi connectivity index (χ2n) is 4.02. The van der Waals surface area contributed by atoms with E-state index in [1.165, 1.54) is 0 Å². The van der Waals surface area contributed by atoms with Gasteiger partial charge in [0.25, 0.3) is 5.91 Å². The summed E-state index contributed by atoms with van der Waals surface area (Å²) in [6.07, 6.45) is 0. The van der Waals surface area contributed by atoms with E-state index in [-0.39, 0.29) is 11.9 Å². The van der Waals surface area contributed by atoms with Crippen LogP contribution in [-0.2, 0) is 0 Å². The quantitative estimate of drug-likeness (QED) is 0.821. The summed E-state index contributed by atoms with van der Waals surface area (Å²) in [4.78, 5) is 12.0. The van der Waals surface area contributed by atoms with Crippen molar-refractivity contribution in [1.82, 2.24) is 5.32 Å². The third-order valence-electron chi connectivity index (χ3n) is 2.63. The van der Waals surface area contributed by atoms with E-state index in [4.69, 9.17) is 23.2 Å². The van der Waals surface area contributed by atoms with Crippen molar-refractivity contribution >= 4 is 45.0 Å². The summed E-state index contributed by atoms with van der Waals surface area (Å²) < 4.78 is 0. The number of nitrogens with one attached hydrogen (secondary N) is 1. The second kappa shape index (κ2) is 6.62. The number of rotatable bonds is 4. The van der Waals surface area contributed by atoms with Crippen LogP contribution in [0.2, 0.25) is 10.0 Å². The number of amides is 1. The molecule has 1 aromatic carbocycles. The van der Waals surface area contributed by atoms with E-state index >= 15 is 0 Å². The largest absolute Gasteiger partial charge is 0.349 e. The molecule has 17 heavy (non-hydrogen) atoms. The SMILES string of the molecule is CC(CBr)C(C)NC(=O)c1cc(Cl)ccc1Cl. The third kappa shape index (κ3) is 4.16. The lowest BCUT2D eigenvalue weighted by Crippen LogP contribution is -2.37. The van der Waals surface area contributed by atoms with Crippen LogP contribution in [0, 0.1) is 5.92 Å². The first-order valence-corrected chi connectivity index (χ1v) is 7.15. The van der Waals surface area contributed by atoms with Crippen molar-refractivity contribution in [3.8, 4) is 0 Å². The number of halogens is 3. The molecule has 2 atom stereocenters. The Morgan fingerprint density at radius 2 is 2.06 bits per heavy atom. The number of alkyl halides is 1. The zero-order chi connectivity index (χ0) is 13.0. The van der Waals surface area contributed by atoms with E-state index in [1.54, 1.807) is 18.2 Å². The number of carbonyl (C=O) groups is 1. The van der Waals surface area contributed by atoms with Gasteiger partial charge in [0.15, 0.2) is 0 Å². The van der Waals surface area contributed by atoms with Crippen LogP contribution in [0.25, 0.3) is 0 Å². The normalized spacial score (nSPS) is 14.2. The molecule has 1 aromatic rings. The Kier molecular flexibility index (Phi) is 5.77. The molecule has 0 aliphatic rings. The summed E-state index contributed by atoms with van der Waals surface area (Å²) in [5.74, 6) is 0.148. The fraction of sp³-hybridized carbons (Fsp3) is 0.417. The van der Waals surface area contributed by atoms with Crippen LogP contribution >= 0.6 is 39.1 Å². The monoisotopic (exact) mass is 337 g/mol. The van der Waals surface area contributed by atoms with Gasteiger partial charge in [-0.1, -0.05) is 46.1 Å². The minimum atomic E-state index is -0.196. The maximum Gasteiger partial charge on any atom is 0.253 e. The topological polar surface area (TPSA) is 29.1 Å². The average Bonchev–Trinajstić information content (AvgIpc) is 2.30. The molecule has 2 nitrogen and oxygen atoms in total. The van der Waals surface area contributed by atoms with Crippen LogP contribution in [0.5, 0.6) is 0 Å². The van der Waals surface area contributed by atoms with Crippen molar-refractivity contribution in [2.24, 2.45) is 5.92 Å². The smallest absolute Gasteiger partial charge is 0.253 e. The predicted molar refractivity (Wildman–Crippen MR) is 76.3 cm³/mol. The van der Waals surface area contributed by atoms with Crippen LogP contribution in [0.1, 0.15) is 24.2 Å². The summed E-state index contributed by atoms with van der Waals surface area (Å²) in [6.45, 7) is 4.02. The summed E-state index contributed by atoms with van der Waals surface area (Å²) in [5.41, 5.74) is 0.410. The van der Waals surface area contributed by atoms with E-state index in [0.29, 0.717) is 21.5 Å². The maximum atomic E-state index is 12.0. The van der Waals surface area contributed by atoms with Gasteiger partial charge < -0.3 is 5.32 Å². The molecule has 0 aromatic heterocycles. The highest BCUT2D eigenvalue weighted by molar-refractivity contribution is 9.09. The molecule has 94 valence electrons. The zero-order valence-electron chi connectivity index (χ0n) is 9.64. The molecular weight excluding hydrogens is 325 g/mol. The Bertz CT molecular complexity index is 411. The van der Waals surface area contributed by atoms with Crippen LogP contribution < -0.4 is 5.32 Å². The van der Waals surface area contributed by atoms with Crippen LogP contribution in [-0.4, -0.2) is 17.3 Å². The average molecular weight is 339 g/mol. The standard InChI is InChI=1S/C12H14BrCl2NO/c1-7(6-13)8(2)16-12(17)10-5-9(14)3-4-11(10)15/h3-5,7-8H,6H2,1-2H3,(H,16,17). The molecule has 1 rings (SSSR count). The molecule has 0 saturated carbocycles. The fourth-order valence-corrected chi connectivity index (χ4v) is 2.17. The van der Waals surface area contributed by atoms with Crippen molar-refractivity contribution in [3.63, 3.8) is 0 Å². The predicted octanol–water partition coefficient (Wildman–Crippen LogP) is 4.14. The highest BCUT2D eigenvalue weighted by Gasteiger charge is 2.17. The first-order valence-electron chi connectivity index (χ1n) is 5.27. The number of benzene rings is 1. The molecule has 0 aliphatic heterocycles. The molecule has 2 unspecified atom stereocenters. The molecule has 5 heteroatoms. The van der Waals surface area contributed by atoms with E-state index in [1.807, 2.05) is 6.92 Å². The van der Waals surface area contributed by atoms with Gasteiger partial charge in [0.1, 0.15) is 0 Å². The Morgan fingerprint density at radius 3 is 2.65 bits per heavy atom. The van der Waals surface area contributed by atoms with Crippen LogP contribution in [0.4, 0.5) is 0 Å². The first kappa shape index (κ1) is 14.8. The van der Waals surface area contributed by atoms with Crippen molar-refractivity contribution in [1.29, 1.82) is 0 Å². The Balaban J connectivity index is 2.79. The Labute approximate surface area is 120 Å². The molecular formula is C12H14BrCl2NO. The van der Waals surface area contributed by atoms with E-state index < -0.39 is 0 Å². The van der Waals surface area contributed by atoms with Gasteiger partial charge in [-0.3, -0.25) is 4.79 Å². The van der Waals surface area contributed by atoms with Crippen molar-refractivity contribution in [2.75, 3.05) is 5.33 Å². The van der Waals surface area contributed by atoms with Gasteiger partial charge in [0.2, 0.25) is 0 Å². The lowest BCUT2D eigenvalue weighted by Gasteiger charge is -2.19. The van der Waals surface area contributed by atoms with Crippen LogP contribution in [0.3, 0.4) is 0 Å². The maximum absolute atomic E-state index is 12.0. The molecule has 0 heterocycles. The molecule has 1 amide bonds. The number of hydrogen-bond acceptors (Lipinski definition) is 1. The Morgan fingerprint density at radius 1 is 1.41 bits per heavy atom. The van der Waals surface area contributed by atoms with Gasteiger partial charge >= 0.3 is 0 Å². The molecule has 0 aliphatic carbocycles. The zero-order valence-corrected chi connectivity index (χ0v) is 12.7. The van der Waals surface area contributed by atoms with Crippen LogP contribution in [0.15, 0.2) is 18.2 Å². The number of carbonyl (C=O) groups excluding carboxylic acids is 1. The van der Waals surface area contributed by atoms with E-state index in [9.17, 15) is 4.79 Å². The molecule has 0 bridgehead atoms. The van der Waals surface area contributed by atoms with Gasteiger partial charge in [-0.15, -0.1) is 0 Å². The lowest BCUT2D eigenvalue weighted by molar-refractivity contribution is 0.0931. The number of hydrogen-bond donors (Lipinski definition) is 1. The molecule has 0 fully saturated rings. The van der Waals surface area contributed by atoms with Gasteiger partial charge in [-0.2, -0.15) is 0 Å². The highest BCUT2D eigenvalue weighted by atomic mass is 79.9. The lowest BCUT2D eigenvalue weighted by atomic mass is 10.1. The summed E-state index contributed by atoms with van der Waals surface area (Å²) in [7, 11) is 0. The summed E-state index contributed by atoms with van der Waals surface area (Å²) >= 11 is 15.2. The Hall–Kier alpha value is -0.250. The minimum Gasteiger partial charge on any atom is -0.349 e. The fourth-order valence-electron chi connectivity index (χ4n) is 1.23. The van der Waals surface area contributed by atoms with Crippen molar-refractivity contribution in [3.05, 3.63) is 33.8 Å². The van der Waals surface area contributed by atoms with E-state index in [0.717, 1.165) is 5.33 Å². The molecule has 1 N–H and O–H groups in total. The summed E-state index contributed by atoms with van der Waals surface area (Å²) in [5, 5.41) is 4.64. The molecule has 0 saturated heterocycles. The minimum absolute atomic E-state index is 0.0666. The molecule has 0 radical (unpaired) electrons. The van der Waals surface area contributed by atoms with Crippen molar-refractivity contribution < 1.29 is 4.79 Å². The highest BCUT2D eigenvalue weighted by Crippen LogP contribution is 2.21.